The molecule has 0 atom stereocenters. The first kappa shape index (κ1) is 11.0. The normalized spacial score (nSPS) is 10.5. The van der Waals surface area contributed by atoms with Crippen LogP contribution in [0.3, 0.4) is 0 Å². The standard InChI is InChI=1S/C4H10N2S.ClH/c1-2-6-4(5)3-7;/h7H,2-3H2,1H3,(H2,5,6);1H. The molecule has 0 radical (unpaired) electrons. The lowest BCUT2D eigenvalue weighted by atomic mass is 10.7. The molecule has 0 spiro atoms. The fourth-order valence-electron chi connectivity index (χ4n) is 0.283. The number of amidine groups is 1. The Labute approximate surface area is 61.4 Å². The van der Waals surface area contributed by atoms with Crippen LogP contribution in [0.5, 0.6) is 0 Å². The minimum atomic E-state index is 0. The molecule has 0 heterocycles. The third-order valence-corrected chi connectivity index (χ3v) is 0.915. The van der Waals surface area contributed by atoms with Gasteiger partial charge in [0.2, 0.25) is 5.84 Å². The Kier molecular flexibility index (Phi) is 9.76. The van der Waals surface area contributed by atoms with E-state index in [0.29, 0.717) is 5.75 Å². The summed E-state index contributed by atoms with van der Waals surface area (Å²) in [7, 11) is 0. The van der Waals surface area contributed by atoms with Crippen LogP contribution < -0.4 is 23.1 Å². The van der Waals surface area contributed by atoms with Gasteiger partial charge in [0.25, 0.3) is 0 Å². The van der Waals surface area contributed by atoms with Crippen molar-refractivity contribution in [2.24, 2.45) is 5.73 Å². The van der Waals surface area contributed by atoms with Gasteiger partial charge in [-0.25, -0.2) is 0 Å². The summed E-state index contributed by atoms with van der Waals surface area (Å²) in [4.78, 5) is 2.91. The lowest BCUT2D eigenvalue weighted by molar-refractivity contribution is -0.453. The van der Waals surface area contributed by atoms with Gasteiger partial charge in [-0.2, -0.15) is 12.6 Å². The zero-order valence-electron chi connectivity index (χ0n) is 4.82. The third-order valence-electron chi connectivity index (χ3n) is 0.574. The topological polar surface area (TPSA) is 40.0 Å². The van der Waals surface area contributed by atoms with E-state index in [9.17, 15) is 0 Å². The molecular weight excluding hydrogens is 144 g/mol. The highest BCUT2D eigenvalue weighted by Gasteiger charge is 1.87. The van der Waals surface area contributed by atoms with Crippen LogP contribution in [0.4, 0.5) is 0 Å². The number of nitrogens with one attached hydrogen (secondary N) is 1. The molecule has 0 aromatic carbocycles. The van der Waals surface area contributed by atoms with Crippen LogP contribution in [-0.2, 0) is 0 Å². The molecule has 50 valence electrons. The monoisotopic (exact) mass is 154 g/mol. The van der Waals surface area contributed by atoms with E-state index in [1.54, 1.807) is 0 Å². The average Bonchev–Trinajstić information content (AvgIpc) is 1.68. The lowest BCUT2D eigenvalue weighted by Gasteiger charge is -1.81. The molecule has 0 aliphatic heterocycles. The summed E-state index contributed by atoms with van der Waals surface area (Å²) in [5.41, 5.74) is 5.31. The van der Waals surface area contributed by atoms with Crippen molar-refractivity contribution in [1.82, 2.24) is 0 Å². The van der Waals surface area contributed by atoms with Gasteiger partial charge in [0, 0.05) is 0 Å². The predicted molar refractivity (Wildman–Crippen MR) is 34.6 cm³/mol. The first-order valence-corrected chi connectivity index (χ1v) is 2.90. The van der Waals surface area contributed by atoms with Crippen LogP contribution >= 0.6 is 12.6 Å². The first-order valence-electron chi connectivity index (χ1n) is 2.27. The van der Waals surface area contributed by atoms with Crippen molar-refractivity contribution in [3.63, 3.8) is 0 Å². The number of halogens is 1. The largest absolute Gasteiger partial charge is 1.00 e. The average molecular weight is 155 g/mol. The molecule has 0 fully saturated rings. The van der Waals surface area contributed by atoms with Crippen molar-refractivity contribution >= 4 is 18.5 Å². The zero-order valence-corrected chi connectivity index (χ0v) is 6.47. The number of hydrogen-bond donors (Lipinski definition) is 3. The van der Waals surface area contributed by atoms with Gasteiger partial charge in [0.15, 0.2) is 0 Å². The minimum Gasteiger partial charge on any atom is -1.00 e. The molecule has 0 amide bonds. The van der Waals surface area contributed by atoms with Gasteiger partial charge in [-0.05, 0) is 6.92 Å². The maximum Gasteiger partial charge on any atom is 0.250 e. The quantitative estimate of drug-likeness (QED) is 0.209. The second-order valence-electron chi connectivity index (χ2n) is 1.21. The maximum absolute atomic E-state index is 5.31. The van der Waals surface area contributed by atoms with E-state index in [1.807, 2.05) is 6.92 Å². The molecule has 4 heteroatoms. The minimum absolute atomic E-state index is 0. The van der Waals surface area contributed by atoms with Crippen LogP contribution in [0.25, 0.3) is 0 Å². The van der Waals surface area contributed by atoms with Crippen molar-refractivity contribution in [1.29, 1.82) is 0 Å². The van der Waals surface area contributed by atoms with Crippen molar-refractivity contribution in [3.8, 4) is 0 Å². The molecule has 0 saturated carbocycles. The highest BCUT2D eigenvalue weighted by atomic mass is 35.5. The molecule has 0 aromatic rings. The van der Waals surface area contributed by atoms with Gasteiger partial charge < -0.3 is 12.4 Å². The Hall–Kier alpha value is 0.110. The van der Waals surface area contributed by atoms with Gasteiger partial charge in [-0.1, -0.05) is 0 Å². The molecule has 0 aliphatic rings. The van der Waals surface area contributed by atoms with Gasteiger partial charge >= 0.3 is 0 Å². The highest BCUT2D eigenvalue weighted by molar-refractivity contribution is 7.81. The SMILES string of the molecule is CC[NH+]=C(N)CS.[Cl-]. The summed E-state index contributed by atoms with van der Waals surface area (Å²) in [6.07, 6.45) is 0. The van der Waals surface area contributed by atoms with Crippen LogP contribution in [0, 0.1) is 0 Å². The Bertz CT molecular complexity index is 74.4. The van der Waals surface area contributed by atoms with Crippen molar-refractivity contribution < 1.29 is 17.4 Å². The van der Waals surface area contributed by atoms with Crippen LogP contribution in [-0.4, -0.2) is 18.1 Å². The van der Waals surface area contributed by atoms with E-state index in [1.165, 1.54) is 0 Å². The van der Waals surface area contributed by atoms with E-state index in [2.05, 4.69) is 17.6 Å². The van der Waals surface area contributed by atoms with Gasteiger partial charge in [-0.3, -0.25) is 10.7 Å². The Morgan fingerprint density at radius 3 is 2.38 bits per heavy atom. The zero-order chi connectivity index (χ0) is 5.70. The number of nitrogens with two attached hydrogens (primary N) is 1. The highest BCUT2D eigenvalue weighted by Crippen LogP contribution is 1.61. The second kappa shape index (κ2) is 7.11. The molecule has 0 bridgehead atoms. The third kappa shape index (κ3) is 6.11. The second-order valence-corrected chi connectivity index (χ2v) is 1.53. The molecule has 0 unspecified atom stereocenters. The smallest absolute Gasteiger partial charge is 0.250 e. The van der Waals surface area contributed by atoms with Crippen molar-refractivity contribution in [2.45, 2.75) is 6.92 Å². The van der Waals surface area contributed by atoms with E-state index in [-0.39, 0.29) is 12.4 Å². The van der Waals surface area contributed by atoms with Gasteiger partial charge in [0.05, 0.1) is 12.3 Å². The maximum atomic E-state index is 5.31. The molecule has 2 nitrogen and oxygen atoms in total. The first-order chi connectivity index (χ1) is 3.31. The summed E-state index contributed by atoms with van der Waals surface area (Å²) in [5, 5.41) is 0. The van der Waals surface area contributed by atoms with Crippen LogP contribution in [0.15, 0.2) is 0 Å². The van der Waals surface area contributed by atoms with Crippen LogP contribution in [0.1, 0.15) is 6.92 Å². The molecule has 0 aromatic heterocycles. The summed E-state index contributed by atoms with van der Waals surface area (Å²) in [5.74, 6) is 1.36. The predicted octanol–water partition coefficient (Wildman–Crippen LogP) is -4.62. The lowest BCUT2D eigenvalue weighted by Crippen LogP contribution is -3.00. The van der Waals surface area contributed by atoms with Gasteiger partial charge in [-0.15, -0.1) is 0 Å². The Morgan fingerprint density at radius 1 is 1.75 bits per heavy atom. The van der Waals surface area contributed by atoms with E-state index >= 15 is 0 Å². The van der Waals surface area contributed by atoms with E-state index in [0.717, 1.165) is 12.4 Å². The molecule has 3 N–H and O–H groups in total. The summed E-state index contributed by atoms with van der Waals surface area (Å²) < 4.78 is 0. The number of thiol groups is 1. The number of rotatable bonds is 2. The van der Waals surface area contributed by atoms with E-state index < -0.39 is 0 Å². The molecule has 0 aliphatic carbocycles. The fraction of sp³-hybridized carbons (Fsp3) is 0.750. The summed E-state index contributed by atoms with van der Waals surface area (Å²) in [6.45, 7) is 2.88. The van der Waals surface area contributed by atoms with Crippen molar-refractivity contribution in [2.75, 3.05) is 12.3 Å². The summed E-state index contributed by atoms with van der Waals surface area (Å²) in [6, 6.07) is 0. The molecule has 8 heavy (non-hydrogen) atoms. The van der Waals surface area contributed by atoms with Crippen molar-refractivity contribution in [3.05, 3.63) is 0 Å². The molecule has 0 rings (SSSR count). The molecular formula is C4H11ClN2S. The van der Waals surface area contributed by atoms with Gasteiger partial charge in [0.1, 0.15) is 0 Å². The van der Waals surface area contributed by atoms with Crippen LogP contribution in [0.2, 0.25) is 0 Å². The Balaban J connectivity index is 0. The number of hydrogen-bond acceptors (Lipinski definition) is 1. The fourth-order valence-corrected chi connectivity index (χ4v) is 0.395. The van der Waals surface area contributed by atoms with E-state index in [4.69, 9.17) is 5.73 Å². The molecule has 0 saturated heterocycles. The Morgan fingerprint density at radius 2 is 2.25 bits per heavy atom. The summed E-state index contributed by atoms with van der Waals surface area (Å²) >= 11 is 3.92.